The summed E-state index contributed by atoms with van der Waals surface area (Å²) in [5.74, 6) is 0. The van der Waals surface area contributed by atoms with E-state index in [4.69, 9.17) is 19.9 Å². The molecule has 0 unspecified atom stereocenters. The highest BCUT2D eigenvalue weighted by atomic mass is 32.1. The molecule has 0 atom stereocenters. The Morgan fingerprint density at radius 1 is 0.297 bits per heavy atom. The van der Waals surface area contributed by atoms with Crippen LogP contribution in [0, 0.1) is 0 Å². The van der Waals surface area contributed by atoms with E-state index in [1.54, 1.807) is 0 Å². The summed E-state index contributed by atoms with van der Waals surface area (Å²) < 4.78 is 9.87. The third-order valence-electron chi connectivity index (χ3n) is 14.7. The van der Waals surface area contributed by atoms with Crippen LogP contribution in [0.5, 0.6) is 0 Å². The van der Waals surface area contributed by atoms with Crippen LogP contribution in [-0.4, -0.2) is 28.7 Å². The first-order valence-corrected chi connectivity index (χ1v) is 26.4. The molecule has 0 bridgehead atoms. The van der Waals surface area contributed by atoms with Crippen LogP contribution in [0.25, 0.3) is 152 Å². The van der Waals surface area contributed by atoms with Crippen LogP contribution >= 0.6 is 22.7 Å². The minimum atomic E-state index is 0.683. The van der Waals surface area contributed by atoms with Gasteiger partial charge in [0.05, 0.1) is 63.3 Å². The summed E-state index contributed by atoms with van der Waals surface area (Å²) in [5.41, 5.74) is 20.5. The van der Waals surface area contributed by atoms with Crippen molar-refractivity contribution in [2.45, 2.75) is 0 Å². The molecule has 0 saturated carbocycles. The van der Waals surface area contributed by atoms with Crippen LogP contribution in [0.2, 0.25) is 0 Å². The van der Waals surface area contributed by atoms with E-state index < -0.39 is 0 Å². The molecule has 0 amide bonds. The van der Waals surface area contributed by atoms with E-state index >= 15 is 0 Å². The largest absolute Gasteiger partial charge is 0.304 e. The summed E-state index contributed by atoms with van der Waals surface area (Å²) in [5, 5.41) is 4.33. The lowest BCUT2D eigenvalue weighted by Gasteiger charge is -2.13. The minimum absolute atomic E-state index is 0.683. The first kappa shape index (κ1) is 41.3. The lowest BCUT2D eigenvalue weighted by Crippen LogP contribution is -2.00. The van der Waals surface area contributed by atoms with Gasteiger partial charge in [0, 0.05) is 33.9 Å². The highest BCUT2D eigenvalue weighted by molar-refractivity contribution is 7.25. The highest BCUT2D eigenvalue weighted by Crippen LogP contribution is 2.51. The number of hydrogen-bond donors (Lipinski definition) is 0. The van der Waals surface area contributed by atoms with Crippen LogP contribution in [0.3, 0.4) is 0 Å². The Hall–Kier alpha value is -9.34. The quantitative estimate of drug-likeness (QED) is 0.156. The lowest BCUT2D eigenvalue weighted by atomic mass is 9.99. The zero-order chi connectivity index (χ0) is 48.4. The van der Waals surface area contributed by atoms with E-state index in [9.17, 15) is 0 Å². The molecule has 0 N–H and O–H groups in total. The Kier molecular flexibility index (Phi) is 8.98. The van der Waals surface area contributed by atoms with Gasteiger partial charge < -0.3 is 8.80 Å². The number of hydrogen-bond acceptors (Lipinski definition) is 6. The molecule has 0 spiro atoms. The molecule has 0 saturated heterocycles. The number of nitrogens with zero attached hydrogens (tertiary/aromatic N) is 6. The van der Waals surface area contributed by atoms with Crippen LogP contribution < -0.4 is 0 Å². The summed E-state index contributed by atoms with van der Waals surface area (Å²) in [6, 6.07) is 78.5. The van der Waals surface area contributed by atoms with Gasteiger partial charge in [-0.05, 0) is 117 Å². The van der Waals surface area contributed by atoms with Gasteiger partial charge >= 0.3 is 0 Å². The van der Waals surface area contributed by atoms with Crippen molar-refractivity contribution in [1.82, 2.24) is 28.7 Å². The molecule has 0 radical (unpaired) electrons. The van der Waals surface area contributed by atoms with Crippen molar-refractivity contribution >= 4 is 107 Å². The molecule has 7 aromatic heterocycles. The van der Waals surface area contributed by atoms with Crippen molar-refractivity contribution in [1.29, 1.82) is 0 Å². The summed E-state index contributed by atoms with van der Waals surface area (Å²) >= 11 is 3.70. The number of aromatic nitrogens is 6. The first-order chi connectivity index (χ1) is 36.7. The predicted molar refractivity (Wildman–Crippen MR) is 310 cm³/mol. The third kappa shape index (κ3) is 6.16. The fourth-order valence-corrected chi connectivity index (χ4v) is 13.8. The maximum atomic E-state index is 5.91. The molecule has 16 aromatic rings. The van der Waals surface area contributed by atoms with E-state index in [1.165, 1.54) is 41.1 Å². The fourth-order valence-electron chi connectivity index (χ4n) is 11.5. The Morgan fingerprint density at radius 3 is 1.04 bits per heavy atom. The molecule has 0 aliphatic carbocycles. The Balaban J connectivity index is 1.20. The first-order valence-electron chi connectivity index (χ1n) is 24.8. The molecule has 0 aliphatic rings. The Morgan fingerprint density at radius 2 is 0.662 bits per heavy atom. The normalized spacial score (nSPS) is 12.1. The summed E-state index contributed by atoms with van der Waals surface area (Å²) in [4.78, 5) is 21.7. The standard InChI is InChI=1S/C66H38N6S2/c1-5-17-39(18-6-1)43-27-29-51-53(35-43)73-55-37-45(41-21-9-3-10-22-41)33-47-57-61-62(70-60(50-26-14-16-32-68-50)59(69-61)49-25-13-15-31-67-49)58-48-34-46(42-23-11-4-12-24-42)38-56-64(48)72(66(58)65(57)71(51)63(47)55)52-30-28-44(36-54(52)74-56)40-19-7-2-8-20-40/h1-38H. The van der Waals surface area contributed by atoms with E-state index in [0.717, 1.165) is 99.3 Å². The van der Waals surface area contributed by atoms with Crippen molar-refractivity contribution < 1.29 is 0 Å². The van der Waals surface area contributed by atoms with Crippen molar-refractivity contribution in [3.8, 4) is 67.3 Å². The second-order valence-electron chi connectivity index (χ2n) is 18.9. The van der Waals surface area contributed by atoms with E-state index in [0.29, 0.717) is 11.4 Å². The molecule has 6 nitrogen and oxygen atoms in total. The van der Waals surface area contributed by atoms with Crippen molar-refractivity contribution in [2.75, 3.05) is 0 Å². The molecule has 7 heterocycles. The van der Waals surface area contributed by atoms with Gasteiger partial charge in [0.2, 0.25) is 0 Å². The molecule has 74 heavy (non-hydrogen) atoms. The highest BCUT2D eigenvalue weighted by Gasteiger charge is 2.30. The number of fused-ring (bicyclic) bond motifs is 14. The van der Waals surface area contributed by atoms with Gasteiger partial charge in [0.25, 0.3) is 0 Å². The molecule has 9 aromatic carbocycles. The second-order valence-corrected chi connectivity index (χ2v) is 21.1. The van der Waals surface area contributed by atoms with Gasteiger partial charge in [0.15, 0.2) is 0 Å². The zero-order valence-electron chi connectivity index (χ0n) is 39.4. The van der Waals surface area contributed by atoms with Crippen LogP contribution in [-0.2, 0) is 0 Å². The monoisotopic (exact) mass is 978 g/mol. The number of pyridine rings is 2. The van der Waals surface area contributed by atoms with E-state index in [-0.39, 0.29) is 0 Å². The second kappa shape index (κ2) is 16.1. The fraction of sp³-hybridized carbons (Fsp3) is 0. The SMILES string of the molecule is c1ccc(-c2ccc3c(c2)sc2cc(-c4ccccc4)cc4c5c6nc(-c7ccccn7)c(-c7ccccn7)nc6c6c7cc(-c8ccccc8)cc8sc9cc(-c%10ccccc%10)ccc9n(c87)c6c5n3c24)cc1. The summed E-state index contributed by atoms with van der Waals surface area (Å²) in [6.45, 7) is 0. The van der Waals surface area contributed by atoms with Crippen LogP contribution in [0.1, 0.15) is 0 Å². The maximum absolute atomic E-state index is 5.91. The molecule has 16 rings (SSSR count). The van der Waals surface area contributed by atoms with Gasteiger partial charge in [0.1, 0.15) is 22.4 Å². The maximum Gasteiger partial charge on any atom is 0.117 e. The minimum Gasteiger partial charge on any atom is -0.304 e. The van der Waals surface area contributed by atoms with Gasteiger partial charge in [-0.3, -0.25) is 9.97 Å². The van der Waals surface area contributed by atoms with Gasteiger partial charge in [-0.2, -0.15) is 0 Å². The predicted octanol–water partition coefficient (Wildman–Crippen LogP) is 18.0. The summed E-state index contributed by atoms with van der Waals surface area (Å²) in [7, 11) is 0. The molecule has 0 fully saturated rings. The van der Waals surface area contributed by atoms with Crippen LogP contribution in [0.15, 0.2) is 231 Å². The number of benzene rings is 9. The lowest BCUT2D eigenvalue weighted by molar-refractivity contribution is 1.21. The molecular weight excluding hydrogens is 941 g/mol. The summed E-state index contributed by atoms with van der Waals surface area (Å²) in [6.07, 6.45) is 3.67. The number of rotatable bonds is 6. The molecule has 0 aliphatic heterocycles. The van der Waals surface area contributed by atoms with Crippen molar-refractivity contribution in [3.63, 3.8) is 0 Å². The Labute approximate surface area is 431 Å². The van der Waals surface area contributed by atoms with Crippen molar-refractivity contribution in [3.05, 3.63) is 231 Å². The van der Waals surface area contributed by atoms with E-state index in [1.807, 2.05) is 71.5 Å². The average molecular weight is 979 g/mol. The van der Waals surface area contributed by atoms with Gasteiger partial charge in [-0.1, -0.05) is 146 Å². The molecule has 344 valence electrons. The Bertz CT molecular complexity index is 4600. The molecule has 8 heteroatoms. The third-order valence-corrected chi connectivity index (χ3v) is 16.9. The van der Waals surface area contributed by atoms with Gasteiger partial charge in [-0.25, -0.2) is 9.97 Å². The topological polar surface area (TPSA) is 60.4 Å². The van der Waals surface area contributed by atoms with E-state index in [2.05, 4.69) is 191 Å². The van der Waals surface area contributed by atoms with Crippen LogP contribution in [0.4, 0.5) is 0 Å². The smallest absolute Gasteiger partial charge is 0.117 e. The molecular formula is C66H38N6S2. The zero-order valence-corrected chi connectivity index (χ0v) is 41.1. The average Bonchev–Trinajstić information content (AvgIpc) is 4.04. The van der Waals surface area contributed by atoms with Crippen molar-refractivity contribution in [2.24, 2.45) is 0 Å². The van der Waals surface area contributed by atoms with Gasteiger partial charge in [-0.15, -0.1) is 22.7 Å².